The van der Waals surface area contributed by atoms with E-state index < -0.39 is 0 Å². The van der Waals surface area contributed by atoms with E-state index in [2.05, 4.69) is 0 Å². The highest BCUT2D eigenvalue weighted by Crippen LogP contribution is 2.56. The Morgan fingerprint density at radius 1 is 0.528 bits per heavy atom. The quantitative estimate of drug-likeness (QED) is 0.282. The van der Waals surface area contributed by atoms with Gasteiger partial charge in [-0.1, -0.05) is 43.5 Å². The molecule has 0 N–H and O–H groups in total. The van der Waals surface area contributed by atoms with E-state index in [9.17, 15) is 18.4 Å². The highest BCUT2D eigenvalue weighted by Gasteiger charge is 2.44. The maximum absolute atomic E-state index is 13.4. The zero-order valence-corrected chi connectivity index (χ0v) is 19.7. The Hall–Kier alpha value is -3.92. The molecule has 0 aliphatic heterocycles. The highest BCUT2D eigenvalue weighted by atomic mass is 19.1. The second-order valence-corrected chi connectivity index (χ2v) is 9.84. The third-order valence-corrected chi connectivity index (χ3v) is 7.80. The summed E-state index contributed by atoms with van der Waals surface area (Å²) >= 11 is 0. The van der Waals surface area contributed by atoms with E-state index in [-0.39, 0.29) is 28.6 Å². The van der Waals surface area contributed by atoms with Gasteiger partial charge in [-0.05, 0) is 95.8 Å². The molecular weight excluding hydrogens is 454 g/mol. The Bertz CT molecular complexity index is 1390. The van der Waals surface area contributed by atoms with Crippen molar-refractivity contribution in [3.63, 3.8) is 0 Å². The lowest BCUT2D eigenvalue weighted by Gasteiger charge is -2.36. The fraction of sp³-hybridized carbons (Fsp3) is 0.188. The summed E-state index contributed by atoms with van der Waals surface area (Å²) in [6.07, 6.45) is 5.22. The van der Waals surface area contributed by atoms with Crippen LogP contribution < -0.4 is 0 Å². The molecule has 2 aliphatic rings. The first-order valence-corrected chi connectivity index (χ1v) is 12.4. The highest BCUT2D eigenvalue weighted by molar-refractivity contribution is 6.10. The first kappa shape index (κ1) is 22.5. The average molecular weight is 479 g/mol. The van der Waals surface area contributed by atoms with Gasteiger partial charge >= 0.3 is 0 Å². The number of carbonyl (C=O) groups excluding carboxylic acids is 2. The van der Waals surface area contributed by atoms with Crippen LogP contribution in [0.2, 0.25) is 0 Å². The molecule has 1 saturated carbocycles. The number of fused-ring (bicyclic) bond motifs is 5. The molecule has 178 valence electrons. The molecule has 0 radical (unpaired) electrons. The molecule has 4 heteroatoms. The van der Waals surface area contributed by atoms with Crippen molar-refractivity contribution in [2.75, 3.05) is 0 Å². The largest absolute Gasteiger partial charge is 0.289 e. The van der Waals surface area contributed by atoms with E-state index in [0.29, 0.717) is 22.3 Å². The predicted molar refractivity (Wildman–Crippen MR) is 135 cm³/mol. The van der Waals surface area contributed by atoms with Gasteiger partial charge in [-0.3, -0.25) is 9.59 Å². The van der Waals surface area contributed by atoms with Gasteiger partial charge in [-0.25, -0.2) is 8.78 Å². The summed E-state index contributed by atoms with van der Waals surface area (Å²) in [7, 11) is 0. The van der Waals surface area contributed by atoms with E-state index >= 15 is 0 Å². The van der Waals surface area contributed by atoms with E-state index in [0.717, 1.165) is 54.4 Å². The Balaban J connectivity index is 1.44. The average Bonchev–Trinajstić information content (AvgIpc) is 3.17. The van der Waals surface area contributed by atoms with Crippen molar-refractivity contribution in [1.29, 1.82) is 0 Å². The van der Waals surface area contributed by atoms with Crippen LogP contribution >= 0.6 is 0 Å². The third-order valence-electron chi connectivity index (χ3n) is 7.80. The van der Waals surface area contributed by atoms with Gasteiger partial charge in [0.2, 0.25) is 0 Å². The number of hydrogen-bond acceptors (Lipinski definition) is 2. The Morgan fingerprint density at radius 3 is 1.33 bits per heavy atom. The summed E-state index contributed by atoms with van der Waals surface area (Å²) < 4.78 is 26.8. The van der Waals surface area contributed by atoms with Crippen molar-refractivity contribution in [2.24, 2.45) is 0 Å². The molecule has 0 saturated heterocycles. The molecule has 0 atom stereocenters. The van der Waals surface area contributed by atoms with E-state index in [4.69, 9.17) is 0 Å². The molecule has 1 spiro atoms. The van der Waals surface area contributed by atoms with Crippen LogP contribution in [0.15, 0.2) is 84.9 Å². The Labute approximate surface area is 208 Å². The molecule has 36 heavy (non-hydrogen) atoms. The normalized spacial score (nSPS) is 15.4. The van der Waals surface area contributed by atoms with Crippen molar-refractivity contribution in [1.82, 2.24) is 0 Å². The summed E-state index contributed by atoms with van der Waals surface area (Å²) in [5.41, 5.74) is 6.30. The van der Waals surface area contributed by atoms with Gasteiger partial charge in [0.25, 0.3) is 0 Å². The number of hydrogen-bond donors (Lipinski definition) is 0. The summed E-state index contributed by atoms with van der Waals surface area (Å²) in [6, 6.07) is 23.0. The Morgan fingerprint density at radius 2 is 0.917 bits per heavy atom. The van der Waals surface area contributed by atoms with Gasteiger partial charge in [0, 0.05) is 27.7 Å². The second kappa shape index (κ2) is 8.63. The van der Waals surface area contributed by atoms with Gasteiger partial charge in [-0.2, -0.15) is 0 Å². The van der Waals surface area contributed by atoms with Crippen LogP contribution in [0.4, 0.5) is 8.78 Å². The molecule has 0 unspecified atom stereocenters. The molecule has 4 aromatic carbocycles. The van der Waals surface area contributed by atoms with Crippen LogP contribution in [-0.4, -0.2) is 11.6 Å². The summed E-state index contributed by atoms with van der Waals surface area (Å²) in [4.78, 5) is 26.5. The lowest BCUT2D eigenvalue weighted by Crippen LogP contribution is -2.28. The first-order chi connectivity index (χ1) is 17.5. The number of rotatable bonds is 4. The SMILES string of the molecule is O=C(c1ccc(F)cc1)c1ccc2c(c1)C1(CCCCC1)c1cc(C(=O)c3ccc(F)cc3)ccc1-2. The fourth-order valence-electron chi connectivity index (χ4n) is 6.01. The Kier molecular flexibility index (Phi) is 5.40. The van der Waals surface area contributed by atoms with Gasteiger partial charge in [-0.15, -0.1) is 0 Å². The molecular formula is C32H24F2O2. The molecule has 0 amide bonds. The van der Waals surface area contributed by atoms with Gasteiger partial charge < -0.3 is 0 Å². The van der Waals surface area contributed by atoms with Gasteiger partial charge in [0.15, 0.2) is 11.6 Å². The standard InChI is InChI=1S/C32H24F2O2/c33-24-10-4-20(5-11-24)30(35)22-8-14-26-27-15-9-23(31(36)21-6-12-25(34)13-7-21)19-29(27)32(28(26)18-22)16-2-1-3-17-32/h4-15,18-19H,1-3,16-17H2. The minimum absolute atomic E-state index is 0.133. The maximum atomic E-state index is 13.4. The molecule has 0 heterocycles. The number of benzene rings is 4. The number of ketones is 2. The summed E-state index contributed by atoms with van der Waals surface area (Å²) in [5, 5.41) is 0. The van der Waals surface area contributed by atoms with Gasteiger partial charge in [0.05, 0.1) is 0 Å². The predicted octanol–water partition coefficient (Wildman–Crippen LogP) is 7.66. The van der Waals surface area contributed by atoms with Crippen molar-refractivity contribution in [3.8, 4) is 11.1 Å². The van der Waals surface area contributed by atoms with Crippen molar-refractivity contribution < 1.29 is 18.4 Å². The van der Waals surface area contributed by atoms with Gasteiger partial charge in [0.1, 0.15) is 11.6 Å². The van der Waals surface area contributed by atoms with Crippen molar-refractivity contribution >= 4 is 11.6 Å². The number of carbonyl (C=O) groups is 2. The third kappa shape index (κ3) is 3.60. The molecule has 6 rings (SSSR count). The molecule has 2 aliphatic carbocycles. The number of halogens is 2. The minimum atomic E-state index is -0.372. The van der Waals surface area contributed by atoms with Crippen LogP contribution in [0.25, 0.3) is 11.1 Å². The molecule has 0 aromatic heterocycles. The van der Waals surface area contributed by atoms with Crippen LogP contribution in [0.1, 0.15) is 75.1 Å². The summed E-state index contributed by atoms with van der Waals surface area (Å²) in [6.45, 7) is 0. The smallest absolute Gasteiger partial charge is 0.193 e. The molecule has 4 aromatic rings. The topological polar surface area (TPSA) is 34.1 Å². The first-order valence-electron chi connectivity index (χ1n) is 12.4. The summed E-state index contributed by atoms with van der Waals surface area (Å²) in [5.74, 6) is -1.01. The zero-order chi connectivity index (χ0) is 24.9. The lowest BCUT2D eigenvalue weighted by molar-refractivity contribution is 0.103. The molecule has 0 bridgehead atoms. The maximum Gasteiger partial charge on any atom is 0.193 e. The van der Waals surface area contributed by atoms with E-state index in [1.165, 1.54) is 48.5 Å². The van der Waals surface area contributed by atoms with Crippen LogP contribution in [0.5, 0.6) is 0 Å². The lowest BCUT2D eigenvalue weighted by atomic mass is 9.67. The van der Waals surface area contributed by atoms with E-state index in [1.54, 1.807) is 0 Å². The van der Waals surface area contributed by atoms with E-state index in [1.807, 2.05) is 36.4 Å². The monoisotopic (exact) mass is 478 g/mol. The second-order valence-electron chi connectivity index (χ2n) is 9.84. The van der Waals surface area contributed by atoms with Crippen LogP contribution in [0.3, 0.4) is 0 Å². The fourth-order valence-corrected chi connectivity index (χ4v) is 6.01. The van der Waals surface area contributed by atoms with Crippen molar-refractivity contribution in [2.45, 2.75) is 37.5 Å². The zero-order valence-electron chi connectivity index (χ0n) is 19.7. The van der Waals surface area contributed by atoms with Crippen LogP contribution in [0, 0.1) is 11.6 Å². The molecule has 2 nitrogen and oxygen atoms in total. The minimum Gasteiger partial charge on any atom is -0.289 e. The molecule has 1 fully saturated rings. The van der Waals surface area contributed by atoms with Crippen LogP contribution in [-0.2, 0) is 5.41 Å². The van der Waals surface area contributed by atoms with Crippen molar-refractivity contribution in [3.05, 3.63) is 130 Å².